The summed E-state index contributed by atoms with van der Waals surface area (Å²) in [5.41, 5.74) is 10.0. The van der Waals surface area contributed by atoms with Crippen molar-refractivity contribution >= 4 is 22.0 Å². The van der Waals surface area contributed by atoms with Crippen molar-refractivity contribution in [2.75, 3.05) is 0 Å². The number of fused-ring (bicyclic) bond motifs is 2. The second-order valence-electron chi connectivity index (χ2n) is 11.6. The number of pyridine rings is 2. The predicted molar refractivity (Wildman–Crippen MR) is 169 cm³/mol. The quantitative estimate of drug-likeness (QED) is 0.238. The van der Waals surface area contributed by atoms with Gasteiger partial charge in [0, 0.05) is 34.5 Å². The molecule has 5 nitrogen and oxygen atoms in total. The lowest BCUT2D eigenvalue weighted by atomic mass is 9.83. The average Bonchev–Trinajstić information content (AvgIpc) is 3.45. The van der Waals surface area contributed by atoms with Crippen molar-refractivity contribution in [2.45, 2.75) is 26.2 Å². The lowest BCUT2D eigenvalue weighted by Gasteiger charge is -2.21. The van der Waals surface area contributed by atoms with Crippen LogP contribution in [-0.2, 0) is 5.41 Å². The van der Waals surface area contributed by atoms with Crippen LogP contribution in [0.1, 0.15) is 26.3 Å². The van der Waals surface area contributed by atoms with Crippen LogP contribution in [0.4, 0.5) is 0 Å². The average molecular weight is 548 g/mol. The second-order valence-corrected chi connectivity index (χ2v) is 11.6. The normalized spacial score (nSPS) is 11.8. The van der Waals surface area contributed by atoms with Crippen LogP contribution in [0.5, 0.6) is 5.75 Å². The van der Waals surface area contributed by atoms with E-state index < -0.39 is 0 Å². The lowest BCUT2D eigenvalue weighted by Crippen LogP contribution is -2.11. The molecule has 0 saturated heterocycles. The molecule has 42 heavy (non-hydrogen) atoms. The number of para-hydroxylation sites is 2. The highest BCUT2D eigenvalue weighted by Crippen LogP contribution is 2.40. The molecule has 0 fully saturated rings. The molecule has 7 rings (SSSR count). The van der Waals surface area contributed by atoms with Gasteiger partial charge in [0.15, 0.2) is 5.58 Å². The highest BCUT2D eigenvalue weighted by molar-refractivity contribution is 5.98. The first-order valence-electron chi connectivity index (χ1n) is 14.0. The number of oxazole rings is 1. The zero-order valence-corrected chi connectivity index (χ0v) is 23.7. The van der Waals surface area contributed by atoms with E-state index in [4.69, 9.17) is 14.4 Å². The molecule has 0 atom stereocenters. The molecule has 0 spiro atoms. The van der Waals surface area contributed by atoms with Crippen molar-refractivity contribution < 1.29 is 9.52 Å². The van der Waals surface area contributed by atoms with Gasteiger partial charge in [-0.2, -0.15) is 0 Å². The van der Waals surface area contributed by atoms with Crippen LogP contribution in [0.25, 0.3) is 67.0 Å². The molecule has 0 aliphatic heterocycles. The summed E-state index contributed by atoms with van der Waals surface area (Å²) in [6, 6.07) is 34.1. The van der Waals surface area contributed by atoms with Crippen molar-refractivity contribution in [1.82, 2.24) is 15.0 Å². The van der Waals surface area contributed by atoms with Crippen molar-refractivity contribution in [3.63, 3.8) is 0 Å². The summed E-state index contributed by atoms with van der Waals surface area (Å²) in [6.45, 7) is 6.70. The van der Waals surface area contributed by atoms with Gasteiger partial charge in [0.05, 0.1) is 16.8 Å². The van der Waals surface area contributed by atoms with E-state index >= 15 is 0 Å². The van der Waals surface area contributed by atoms with Crippen molar-refractivity contribution in [2.24, 2.45) is 0 Å². The maximum Gasteiger partial charge on any atom is 0.231 e. The molecule has 0 bridgehead atoms. The molecule has 0 aliphatic rings. The highest BCUT2D eigenvalue weighted by Gasteiger charge is 2.20. The van der Waals surface area contributed by atoms with Crippen LogP contribution in [-0.4, -0.2) is 20.1 Å². The van der Waals surface area contributed by atoms with E-state index in [0.717, 1.165) is 49.9 Å². The Kier molecular flexibility index (Phi) is 6.09. The molecule has 1 N–H and O–H groups in total. The molecule has 0 aliphatic carbocycles. The molecule has 5 heteroatoms. The van der Waals surface area contributed by atoms with E-state index in [1.54, 1.807) is 18.2 Å². The van der Waals surface area contributed by atoms with Crippen molar-refractivity contribution in [3.8, 4) is 50.7 Å². The first-order chi connectivity index (χ1) is 20.3. The minimum absolute atomic E-state index is 0.0358. The van der Waals surface area contributed by atoms with Gasteiger partial charge in [-0.25, -0.2) is 4.98 Å². The number of phenolic OH excluding ortho intramolecular Hbond substituents is 1. The zero-order valence-electron chi connectivity index (χ0n) is 23.7. The number of aromatic hydroxyl groups is 1. The van der Waals surface area contributed by atoms with E-state index in [1.165, 1.54) is 5.56 Å². The summed E-state index contributed by atoms with van der Waals surface area (Å²) in [4.78, 5) is 14.4. The Balaban J connectivity index is 1.49. The molecule has 7 aromatic rings. The van der Waals surface area contributed by atoms with E-state index in [-0.39, 0.29) is 11.2 Å². The summed E-state index contributed by atoms with van der Waals surface area (Å²) >= 11 is 0. The Morgan fingerprint density at radius 3 is 2.14 bits per heavy atom. The van der Waals surface area contributed by atoms with Gasteiger partial charge in [0.25, 0.3) is 0 Å². The summed E-state index contributed by atoms with van der Waals surface area (Å²) < 4.78 is 6.14. The Bertz CT molecular complexity index is 2090. The van der Waals surface area contributed by atoms with Crippen molar-refractivity contribution in [3.05, 3.63) is 121 Å². The minimum Gasteiger partial charge on any atom is -0.507 e. The third-order valence-electron chi connectivity index (χ3n) is 7.64. The molecule has 204 valence electrons. The number of hydrogen-bond acceptors (Lipinski definition) is 5. The van der Waals surface area contributed by atoms with Crippen LogP contribution in [0.2, 0.25) is 0 Å². The minimum atomic E-state index is -0.0358. The van der Waals surface area contributed by atoms with Gasteiger partial charge in [0.1, 0.15) is 11.3 Å². The number of benzene rings is 4. The largest absolute Gasteiger partial charge is 0.507 e. The third kappa shape index (κ3) is 4.59. The van der Waals surface area contributed by atoms with Gasteiger partial charge in [-0.05, 0) is 88.8 Å². The molecular formula is C37H29N3O2. The Hall–Kier alpha value is -5.29. The smallest absolute Gasteiger partial charge is 0.231 e. The van der Waals surface area contributed by atoms with Crippen LogP contribution >= 0.6 is 0 Å². The molecule has 3 heterocycles. The molecule has 0 amide bonds. The number of nitrogens with zero attached hydrogens (tertiary/aromatic N) is 3. The fourth-order valence-corrected chi connectivity index (χ4v) is 5.42. The van der Waals surface area contributed by atoms with Gasteiger partial charge in [-0.3, -0.25) is 9.97 Å². The maximum atomic E-state index is 10.5. The predicted octanol–water partition coefficient (Wildman–Crippen LogP) is 9.44. The maximum absolute atomic E-state index is 10.5. The summed E-state index contributed by atoms with van der Waals surface area (Å²) in [6.07, 6.45) is 3.67. The SMILES string of the molecule is CC(C)(C)c1cc(-c2cc(-c3ccccn3)cc(-c3cccc4oc(-c5ccccc5O)nc34)c2)c2ncccc2c1. The van der Waals surface area contributed by atoms with E-state index in [0.29, 0.717) is 17.0 Å². The summed E-state index contributed by atoms with van der Waals surface area (Å²) in [5.74, 6) is 0.507. The van der Waals surface area contributed by atoms with E-state index in [2.05, 4.69) is 68.2 Å². The van der Waals surface area contributed by atoms with Gasteiger partial charge >= 0.3 is 0 Å². The topological polar surface area (TPSA) is 72.0 Å². The first kappa shape index (κ1) is 25.7. The van der Waals surface area contributed by atoms with Crippen LogP contribution in [0, 0.1) is 0 Å². The van der Waals surface area contributed by atoms with Crippen molar-refractivity contribution in [1.29, 1.82) is 0 Å². The van der Waals surface area contributed by atoms with E-state index in [9.17, 15) is 5.11 Å². The first-order valence-corrected chi connectivity index (χ1v) is 14.0. The number of phenols is 1. The Morgan fingerprint density at radius 1 is 0.619 bits per heavy atom. The summed E-state index contributed by atoms with van der Waals surface area (Å²) in [5, 5.41) is 11.6. The molecule has 0 saturated carbocycles. The van der Waals surface area contributed by atoms with Gasteiger partial charge < -0.3 is 9.52 Å². The zero-order chi connectivity index (χ0) is 28.8. The monoisotopic (exact) mass is 547 g/mol. The molecule has 0 unspecified atom stereocenters. The Morgan fingerprint density at radius 2 is 1.36 bits per heavy atom. The number of hydrogen-bond donors (Lipinski definition) is 1. The fraction of sp³-hybridized carbons (Fsp3) is 0.108. The van der Waals surface area contributed by atoms with Gasteiger partial charge in [-0.15, -0.1) is 0 Å². The van der Waals surface area contributed by atoms with Gasteiger partial charge in [0.2, 0.25) is 5.89 Å². The molecule has 4 aromatic carbocycles. The Labute approximate surface area is 244 Å². The number of rotatable bonds is 4. The van der Waals surface area contributed by atoms with E-state index in [1.807, 2.05) is 54.9 Å². The lowest BCUT2D eigenvalue weighted by molar-refractivity contribution is 0.474. The number of aromatic nitrogens is 3. The van der Waals surface area contributed by atoms with Crippen LogP contribution in [0.3, 0.4) is 0 Å². The van der Waals surface area contributed by atoms with Crippen LogP contribution in [0.15, 0.2) is 120 Å². The van der Waals surface area contributed by atoms with Crippen LogP contribution < -0.4 is 0 Å². The molecule has 0 radical (unpaired) electrons. The third-order valence-corrected chi connectivity index (χ3v) is 7.64. The van der Waals surface area contributed by atoms with Gasteiger partial charge in [-0.1, -0.05) is 57.2 Å². The standard InChI is InChI=1S/C37H29N3O2/c1-37(2,3)27-21-23-10-9-17-39-34(23)30(22-27)25-18-24(19-26(20-25)31-13-6-7-16-38-31)28-12-8-15-33-35(28)40-36(42-33)29-11-4-5-14-32(29)41/h4-22,41H,1-3H3. The fourth-order valence-electron chi connectivity index (χ4n) is 5.42. The second kappa shape index (κ2) is 9.96. The summed E-state index contributed by atoms with van der Waals surface area (Å²) in [7, 11) is 0. The molecule has 3 aromatic heterocycles. The highest BCUT2D eigenvalue weighted by atomic mass is 16.3. The molecular weight excluding hydrogens is 518 g/mol.